The standard InChI is InChI=1S/C14H19NO4/c1-15(13(16)7-4-8-14(17)18)10-11-5-3-6-12(9-11)19-2/h3,5-6,9H,4,7-8,10H2,1-2H3,(H,17,18). The number of ether oxygens (including phenoxy) is 1. The highest BCUT2D eigenvalue weighted by atomic mass is 16.5. The monoisotopic (exact) mass is 265 g/mol. The molecule has 0 saturated heterocycles. The Bertz CT molecular complexity index is 445. The van der Waals surface area contributed by atoms with Crippen molar-refractivity contribution in [2.45, 2.75) is 25.8 Å². The Hall–Kier alpha value is -2.04. The smallest absolute Gasteiger partial charge is 0.303 e. The summed E-state index contributed by atoms with van der Waals surface area (Å²) >= 11 is 0. The first-order valence-corrected chi connectivity index (χ1v) is 6.11. The minimum atomic E-state index is -0.872. The van der Waals surface area contributed by atoms with E-state index in [4.69, 9.17) is 9.84 Å². The molecule has 0 radical (unpaired) electrons. The summed E-state index contributed by atoms with van der Waals surface area (Å²) in [5.74, 6) is -0.170. The zero-order chi connectivity index (χ0) is 14.3. The van der Waals surface area contributed by atoms with E-state index in [1.807, 2.05) is 24.3 Å². The van der Waals surface area contributed by atoms with Crippen LogP contribution in [-0.4, -0.2) is 36.0 Å². The summed E-state index contributed by atoms with van der Waals surface area (Å²) in [6.07, 6.45) is 0.655. The molecule has 0 heterocycles. The van der Waals surface area contributed by atoms with Crippen molar-refractivity contribution in [1.29, 1.82) is 0 Å². The van der Waals surface area contributed by atoms with E-state index in [2.05, 4.69) is 0 Å². The first kappa shape index (κ1) is 15.0. The van der Waals surface area contributed by atoms with Gasteiger partial charge in [-0.25, -0.2) is 0 Å². The summed E-state index contributed by atoms with van der Waals surface area (Å²) in [4.78, 5) is 23.8. The van der Waals surface area contributed by atoms with Crippen molar-refractivity contribution in [2.75, 3.05) is 14.2 Å². The van der Waals surface area contributed by atoms with Crippen molar-refractivity contribution in [3.63, 3.8) is 0 Å². The molecule has 5 nitrogen and oxygen atoms in total. The quantitative estimate of drug-likeness (QED) is 0.817. The minimum absolute atomic E-state index is 0.0265. The van der Waals surface area contributed by atoms with E-state index in [1.54, 1.807) is 19.1 Å². The molecule has 0 unspecified atom stereocenters. The van der Waals surface area contributed by atoms with Crippen LogP contribution in [0.15, 0.2) is 24.3 Å². The largest absolute Gasteiger partial charge is 0.497 e. The molecular formula is C14H19NO4. The molecule has 0 bridgehead atoms. The van der Waals surface area contributed by atoms with Crippen LogP contribution >= 0.6 is 0 Å². The number of rotatable bonds is 7. The van der Waals surface area contributed by atoms with Gasteiger partial charge in [0.15, 0.2) is 0 Å². The third-order valence-corrected chi connectivity index (χ3v) is 2.76. The van der Waals surface area contributed by atoms with Crippen LogP contribution in [0.4, 0.5) is 0 Å². The first-order valence-electron chi connectivity index (χ1n) is 6.11. The average molecular weight is 265 g/mol. The Labute approximate surface area is 112 Å². The lowest BCUT2D eigenvalue weighted by atomic mass is 10.2. The van der Waals surface area contributed by atoms with Gasteiger partial charge in [0.05, 0.1) is 7.11 Å². The Kier molecular flexibility index (Phi) is 5.85. The van der Waals surface area contributed by atoms with Crippen LogP contribution in [0.2, 0.25) is 0 Å². The molecule has 5 heteroatoms. The molecule has 0 aliphatic rings. The van der Waals surface area contributed by atoms with Crippen LogP contribution < -0.4 is 4.74 Å². The van der Waals surface area contributed by atoms with Gasteiger partial charge in [-0.05, 0) is 24.1 Å². The second-order valence-electron chi connectivity index (χ2n) is 4.35. The lowest BCUT2D eigenvalue weighted by Crippen LogP contribution is -2.26. The highest BCUT2D eigenvalue weighted by Gasteiger charge is 2.10. The number of hydrogen-bond donors (Lipinski definition) is 1. The van der Waals surface area contributed by atoms with Crippen molar-refractivity contribution in [2.24, 2.45) is 0 Å². The van der Waals surface area contributed by atoms with Crippen LogP contribution in [0, 0.1) is 0 Å². The van der Waals surface area contributed by atoms with Crippen LogP contribution in [0.3, 0.4) is 0 Å². The molecule has 1 N–H and O–H groups in total. The third-order valence-electron chi connectivity index (χ3n) is 2.76. The van der Waals surface area contributed by atoms with E-state index >= 15 is 0 Å². The van der Waals surface area contributed by atoms with Crippen molar-refractivity contribution >= 4 is 11.9 Å². The second kappa shape index (κ2) is 7.41. The van der Waals surface area contributed by atoms with Crippen molar-refractivity contribution in [1.82, 2.24) is 4.90 Å². The molecule has 1 aromatic rings. The Morgan fingerprint density at radius 3 is 2.68 bits per heavy atom. The first-order chi connectivity index (χ1) is 9.02. The number of methoxy groups -OCH3 is 1. The fourth-order valence-electron chi connectivity index (χ4n) is 1.71. The zero-order valence-electron chi connectivity index (χ0n) is 11.3. The number of carbonyl (C=O) groups excluding carboxylic acids is 1. The van der Waals surface area contributed by atoms with E-state index in [0.717, 1.165) is 11.3 Å². The van der Waals surface area contributed by atoms with Gasteiger partial charge in [0.25, 0.3) is 0 Å². The molecule has 1 aromatic carbocycles. The molecule has 19 heavy (non-hydrogen) atoms. The maximum absolute atomic E-state index is 11.8. The van der Waals surface area contributed by atoms with Crippen molar-refractivity contribution in [3.05, 3.63) is 29.8 Å². The Morgan fingerprint density at radius 1 is 1.32 bits per heavy atom. The molecule has 1 amide bonds. The molecule has 0 aliphatic heterocycles. The summed E-state index contributed by atoms with van der Waals surface area (Å²) in [5, 5.41) is 8.52. The number of carboxylic acids is 1. The van der Waals surface area contributed by atoms with Gasteiger partial charge in [0.2, 0.25) is 5.91 Å². The Balaban J connectivity index is 2.46. The number of benzene rings is 1. The molecule has 0 saturated carbocycles. The average Bonchev–Trinajstić information content (AvgIpc) is 2.38. The minimum Gasteiger partial charge on any atom is -0.497 e. The lowest BCUT2D eigenvalue weighted by molar-refractivity contribution is -0.137. The van der Waals surface area contributed by atoms with Gasteiger partial charge in [0, 0.05) is 26.4 Å². The zero-order valence-corrected chi connectivity index (χ0v) is 11.3. The highest BCUT2D eigenvalue weighted by molar-refractivity contribution is 5.76. The number of amides is 1. The number of aliphatic carboxylic acids is 1. The Morgan fingerprint density at radius 2 is 2.05 bits per heavy atom. The van der Waals surface area contributed by atoms with E-state index in [0.29, 0.717) is 13.0 Å². The predicted molar refractivity (Wildman–Crippen MR) is 71.0 cm³/mol. The predicted octanol–water partition coefficient (Wildman–Crippen LogP) is 1.91. The van der Waals surface area contributed by atoms with E-state index in [1.165, 1.54) is 0 Å². The molecular weight excluding hydrogens is 246 g/mol. The molecule has 0 atom stereocenters. The van der Waals surface area contributed by atoms with Gasteiger partial charge in [-0.3, -0.25) is 9.59 Å². The summed E-state index contributed by atoms with van der Waals surface area (Å²) in [6, 6.07) is 7.51. The van der Waals surface area contributed by atoms with Crippen LogP contribution in [0.25, 0.3) is 0 Å². The van der Waals surface area contributed by atoms with Crippen molar-refractivity contribution < 1.29 is 19.4 Å². The van der Waals surface area contributed by atoms with E-state index in [9.17, 15) is 9.59 Å². The van der Waals surface area contributed by atoms with Crippen LogP contribution in [0.1, 0.15) is 24.8 Å². The fourth-order valence-corrected chi connectivity index (χ4v) is 1.71. The molecule has 0 aliphatic carbocycles. The topological polar surface area (TPSA) is 66.8 Å². The number of hydrogen-bond acceptors (Lipinski definition) is 3. The van der Waals surface area contributed by atoms with E-state index < -0.39 is 5.97 Å². The summed E-state index contributed by atoms with van der Waals surface area (Å²) in [5.41, 5.74) is 0.980. The van der Waals surface area contributed by atoms with Crippen LogP contribution in [0.5, 0.6) is 5.75 Å². The summed E-state index contributed by atoms with van der Waals surface area (Å²) in [6.45, 7) is 0.489. The lowest BCUT2D eigenvalue weighted by Gasteiger charge is -2.17. The summed E-state index contributed by atoms with van der Waals surface area (Å²) < 4.78 is 5.12. The normalized spacial score (nSPS) is 10.0. The number of nitrogens with zero attached hydrogens (tertiary/aromatic N) is 1. The number of carboxylic acid groups (broad SMARTS) is 1. The maximum atomic E-state index is 11.8. The van der Waals surface area contributed by atoms with Gasteiger partial charge in [-0.2, -0.15) is 0 Å². The van der Waals surface area contributed by atoms with E-state index in [-0.39, 0.29) is 18.7 Å². The van der Waals surface area contributed by atoms with Gasteiger partial charge in [0.1, 0.15) is 5.75 Å². The highest BCUT2D eigenvalue weighted by Crippen LogP contribution is 2.14. The molecule has 0 fully saturated rings. The summed E-state index contributed by atoms with van der Waals surface area (Å²) in [7, 11) is 3.31. The number of carbonyl (C=O) groups is 2. The fraction of sp³-hybridized carbons (Fsp3) is 0.429. The second-order valence-corrected chi connectivity index (χ2v) is 4.35. The molecule has 104 valence electrons. The van der Waals surface area contributed by atoms with Gasteiger partial charge < -0.3 is 14.7 Å². The molecule has 0 aromatic heterocycles. The SMILES string of the molecule is COc1cccc(CN(C)C(=O)CCCC(=O)O)c1. The van der Waals surface area contributed by atoms with Gasteiger partial charge in [-0.1, -0.05) is 12.1 Å². The van der Waals surface area contributed by atoms with Gasteiger partial charge >= 0.3 is 5.97 Å². The van der Waals surface area contributed by atoms with Crippen molar-refractivity contribution in [3.8, 4) is 5.75 Å². The molecule has 0 spiro atoms. The van der Waals surface area contributed by atoms with Crippen LogP contribution in [-0.2, 0) is 16.1 Å². The van der Waals surface area contributed by atoms with Gasteiger partial charge in [-0.15, -0.1) is 0 Å². The maximum Gasteiger partial charge on any atom is 0.303 e. The third kappa shape index (κ3) is 5.42. The molecule has 1 rings (SSSR count).